The maximum atomic E-state index is 12.5. The molecule has 0 bridgehead atoms. The van der Waals surface area contributed by atoms with E-state index in [1.54, 1.807) is 0 Å². The van der Waals surface area contributed by atoms with Crippen molar-refractivity contribution in [1.29, 1.82) is 0 Å². The van der Waals surface area contributed by atoms with Crippen LogP contribution in [-0.2, 0) is 5.88 Å². The van der Waals surface area contributed by atoms with Crippen LogP contribution in [0.3, 0.4) is 0 Å². The van der Waals surface area contributed by atoms with Crippen molar-refractivity contribution < 1.29 is 13.7 Å². The van der Waals surface area contributed by atoms with Crippen LogP contribution in [0, 0.1) is 10.1 Å². The summed E-state index contributed by atoms with van der Waals surface area (Å²) >= 11 is 5.28. The predicted molar refractivity (Wildman–Crippen MR) is 48.2 cm³/mol. The van der Waals surface area contributed by atoms with E-state index in [-0.39, 0.29) is 0 Å². The van der Waals surface area contributed by atoms with Gasteiger partial charge in [0.05, 0.1) is 17.0 Å². The molecule has 0 fully saturated rings. The summed E-state index contributed by atoms with van der Waals surface area (Å²) in [5, 5.41) is 10.4. The number of nitrogens with zero attached hydrogens (tertiary/aromatic N) is 1. The number of aromatic nitrogens is 1. The van der Waals surface area contributed by atoms with Crippen molar-refractivity contribution in [2.75, 3.05) is 0 Å². The number of pyridine rings is 1. The van der Waals surface area contributed by atoms with Gasteiger partial charge in [-0.3, -0.25) is 14.9 Å². The number of hydrogen-bond acceptors (Lipinski definition) is 3. The summed E-state index contributed by atoms with van der Waals surface area (Å²) in [6, 6.07) is 0. The van der Waals surface area contributed by atoms with Gasteiger partial charge in [-0.15, -0.1) is 11.6 Å². The monoisotopic (exact) mass is 238 g/mol. The largest absolute Gasteiger partial charge is 0.322 e. The Morgan fingerprint density at radius 3 is 2.60 bits per heavy atom. The topological polar surface area (TPSA) is 76.0 Å². The fourth-order valence-corrected chi connectivity index (χ4v) is 1.37. The van der Waals surface area contributed by atoms with Crippen LogP contribution >= 0.6 is 11.6 Å². The lowest BCUT2D eigenvalue weighted by Crippen LogP contribution is -2.16. The van der Waals surface area contributed by atoms with E-state index in [9.17, 15) is 23.7 Å². The van der Waals surface area contributed by atoms with Gasteiger partial charge in [0.1, 0.15) is 5.56 Å². The molecule has 0 spiro atoms. The number of rotatable bonds is 3. The quantitative estimate of drug-likeness (QED) is 0.497. The van der Waals surface area contributed by atoms with Crippen LogP contribution in [0.4, 0.5) is 14.5 Å². The zero-order chi connectivity index (χ0) is 11.6. The van der Waals surface area contributed by atoms with Crippen LogP contribution in [0.25, 0.3) is 0 Å². The van der Waals surface area contributed by atoms with Gasteiger partial charge in [-0.25, -0.2) is 8.78 Å². The Bertz CT molecular complexity index is 446. The molecule has 0 amide bonds. The first kappa shape index (κ1) is 11.6. The molecule has 0 aromatic carbocycles. The molecule has 1 rings (SSSR count). The highest BCUT2D eigenvalue weighted by atomic mass is 35.5. The average Bonchev–Trinajstić information content (AvgIpc) is 2.16. The van der Waals surface area contributed by atoms with Gasteiger partial charge in [-0.05, 0) is 0 Å². The maximum Gasteiger partial charge on any atom is 0.294 e. The smallest absolute Gasteiger partial charge is 0.294 e. The van der Waals surface area contributed by atoms with Crippen LogP contribution in [0.15, 0.2) is 11.0 Å². The highest BCUT2D eigenvalue weighted by molar-refractivity contribution is 6.17. The third-order valence-electron chi connectivity index (χ3n) is 1.76. The van der Waals surface area contributed by atoms with Crippen LogP contribution in [-0.4, -0.2) is 9.91 Å². The van der Waals surface area contributed by atoms with Gasteiger partial charge in [-0.1, -0.05) is 0 Å². The van der Waals surface area contributed by atoms with Gasteiger partial charge >= 0.3 is 0 Å². The number of nitrogens with one attached hydrogen (secondary N) is 1. The van der Waals surface area contributed by atoms with Crippen LogP contribution in [0.1, 0.15) is 17.6 Å². The lowest BCUT2D eigenvalue weighted by atomic mass is 10.1. The number of aromatic amines is 1. The lowest BCUT2D eigenvalue weighted by Gasteiger charge is -2.05. The number of hydrogen-bond donors (Lipinski definition) is 1. The number of alkyl halides is 3. The van der Waals surface area contributed by atoms with Crippen LogP contribution in [0.2, 0.25) is 0 Å². The van der Waals surface area contributed by atoms with Gasteiger partial charge in [0.25, 0.3) is 17.7 Å². The predicted octanol–water partition coefficient (Wildman–Crippen LogP) is 1.96. The lowest BCUT2D eigenvalue weighted by molar-refractivity contribution is -0.386. The minimum atomic E-state index is -3.11. The standard InChI is InChI=1S/C7H5ClF2N2O3/c8-1-3-5(6(9)10)4(12(14)15)2-11-7(3)13/h2,6H,1H2,(H,11,13). The van der Waals surface area contributed by atoms with Crippen molar-refractivity contribution in [2.45, 2.75) is 12.3 Å². The SMILES string of the molecule is O=c1[nH]cc([N+](=O)[O-])c(C(F)F)c1CCl. The molecule has 0 aliphatic rings. The second-order valence-corrected chi connectivity index (χ2v) is 2.85. The highest BCUT2D eigenvalue weighted by Gasteiger charge is 2.27. The van der Waals surface area contributed by atoms with E-state index in [1.807, 2.05) is 4.98 Å². The van der Waals surface area contributed by atoms with Gasteiger partial charge in [-0.2, -0.15) is 0 Å². The zero-order valence-corrected chi connectivity index (χ0v) is 7.92. The Morgan fingerprint density at radius 2 is 2.20 bits per heavy atom. The Hall–Kier alpha value is -1.50. The van der Waals surface area contributed by atoms with Crippen molar-refractivity contribution in [3.63, 3.8) is 0 Å². The first-order valence-electron chi connectivity index (χ1n) is 3.72. The van der Waals surface area contributed by atoms with E-state index in [0.29, 0.717) is 6.20 Å². The summed E-state index contributed by atoms with van der Waals surface area (Å²) in [6.45, 7) is 0. The van der Waals surface area contributed by atoms with E-state index >= 15 is 0 Å². The summed E-state index contributed by atoms with van der Waals surface area (Å²) in [6.07, 6.45) is -2.47. The Morgan fingerprint density at radius 1 is 1.60 bits per heavy atom. The molecule has 0 saturated carbocycles. The third-order valence-corrected chi connectivity index (χ3v) is 2.03. The summed E-state index contributed by atoms with van der Waals surface area (Å²) < 4.78 is 25.0. The summed E-state index contributed by atoms with van der Waals surface area (Å²) in [4.78, 5) is 22.5. The molecule has 0 unspecified atom stereocenters. The Balaban J connectivity index is 3.56. The number of halogens is 3. The maximum absolute atomic E-state index is 12.5. The molecule has 1 N–H and O–H groups in total. The number of nitro groups is 1. The fraction of sp³-hybridized carbons (Fsp3) is 0.286. The van der Waals surface area contributed by atoms with Crippen molar-refractivity contribution in [2.24, 2.45) is 0 Å². The van der Waals surface area contributed by atoms with Gasteiger partial charge in [0.2, 0.25) is 0 Å². The van der Waals surface area contributed by atoms with E-state index in [4.69, 9.17) is 11.6 Å². The molecular weight excluding hydrogens is 234 g/mol. The highest BCUT2D eigenvalue weighted by Crippen LogP contribution is 2.30. The third kappa shape index (κ3) is 2.12. The fourth-order valence-electron chi connectivity index (χ4n) is 1.10. The van der Waals surface area contributed by atoms with Crippen LogP contribution in [0.5, 0.6) is 0 Å². The second kappa shape index (κ2) is 4.35. The molecule has 0 radical (unpaired) electrons. The molecule has 5 nitrogen and oxygen atoms in total. The molecule has 15 heavy (non-hydrogen) atoms. The molecule has 8 heteroatoms. The molecule has 0 atom stereocenters. The molecule has 0 aliphatic carbocycles. The van der Waals surface area contributed by atoms with Crippen molar-refractivity contribution >= 4 is 17.3 Å². The zero-order valence-electron chi connectivity index (χ0n) is 7.17. The Labute approximate surface area is 86.8 Å². The van der Waals surface area contributed by atoms with Gasteiger partial charge < -0.3 is 4.98 Å². The summed E-state index contributed by atoms with van der Waals surface area (Å²) in [5.41, 5.74) is -3.06. The molecule has 1 heterocycles. The molecule has 0 saturated heterocycles. The molecule has 1 aromatic rings. The molecule has 0 aliphatic heterocycles. The van der Waals surface area contributed by atoms with E-state index < -0.39 is 39.6 Å². The van der Waals surface area contributed by atoms with E-state index in [0.717, 1.165) is 0 Å². The van der Waals surface area contributed by atoms with Gasteiger partial charge in [0.15, 0.2) is 0 Å². The van der Waals surface area contributed by atoms with Crippen molar-refractivity contribution in [1.82, 2.24) is 4.98 Å². The second-order valence-electron chi connectivity index (χ2n) is 2.59. The van der Waals surface area contributed by atoms with E-state index in [1.165, 1.54) is 0 Å². The first-order valence-corrected chi connectivity index (χ1v) is 4.25. The summed E-state index contributed by atoms with van der Waals surface area (Å²) in [7, 11) is 0. The van der Waals surface area contributed by atoms with Gasteiger partial charge in [0, 0.05) is 5.56 Å². The average molecular weight is 239 g/mol. The molecular formula is C7H5ClF2N2O3. The summed E-state index contributed by atoms with van der Waals surface area (Å²) in [5.74, 6) is -0.503. The van der Waals surface area contributed by atoms with E-state index in [2.05, 4.69) is 0 Å². The normalized spacial score (nSPS) is 10.7. The van der Waals surface area contributed by atoms with Crippen LogP contribution < -0.4 is 5.56 Å². The van der Waals surface area contributed by atoms with Crippen molar-refractivity contribution in [3.8, 4) is 0 Å². The number of H-pyrrole nitrogens is 1. The first-order chi connectivity index (χ1) is 6.99. The minimum Gasteiger partial charge on any atom is -0.322 e. The molecule has 1 aromatic heterocycles. The molecule has 82 valence electrons. The minimum absolute atomic E-state index is 0.471. The van der Waals surface area contributed by atoms with Crippen molar-refractivity contribution in [3.05, 3.63) is 37.8 Å². The Kier molecular flexibility index (Phi) is 3.35.